The molecule has 0 aromatic heterocycles. The zero-order chi connectivity index (χ0) is 16.0. The van der Waals surface area contributed by atoms with Gasteiger partial charge in [0.05, 0.1) is 24.9 Å². The summed E-state index contributed by atoms with van der Waals surface area (Å²) in [5, 5.41) is 9.18. The monoisotopic (exact) mass is 314 g/mol. The van der Waals surface area contributed by atoms with Gasteiger partial charge in [-0.2, -0.15) is 0 Å². The molecular formula is C14H18O6S. The van der Waals surface area contributed by atoms with E-state index in [2.05, 4.69) is 6.58 Å². The Morgan fingerprint density at radius 3 is 2.48 bits per heavy atom. The first kappa shape index (κ1) is 17.0. The molecule has 0 aliphatic rings. The van der Waals surface area contributed by atoms with Crippen molar-refractivity contribution in [3.8, 4) is 11.5 Å². The molecule has 0 saturated carbocycles. The van der Waals surface area contributed by atoms with Gasteiger partial charge in [-0.15, -0.1) is 6.58 Å². The molecule has 0 fully saturated rings. The zero-order valence-electron chi connectivity index (χ0n) is 12.0. The summed E-state index contributed by atoms with van der Waals surface area (Å²) in [6.07, 6.45) is 2.62. The number of carbonyl (C=O) groups is 1. The highest BCUT2D eigenvalue weighted by molar-refractivity contribution is 7.91. The number of benzene rings is 1. The van der Waals surface area contributed by atoms with Crippen molar-refractivity contribution in [2.75, 3.05) is 20.0 Å². The molecule has 6 nitrogen and oxygen atoms in total. The van der Waals surface area contributed by atoms with Crippen LogP contribution in [0.25, 0.3) is 0 Å². The van der Waals surface area contributed by atoms with Gasteiger partial charge in [-0.3, -0.25) is 0 Å². The number of aromatic carboxylic acids is 1. The maximum Gasteiger partial charge on any atom is 0.339 e. The first-order valence-corrected chi connectivity index (χ1v) is 7.85. The predicted octanol–water partition coefficient (Wildman–Crippen LogP) is 2.14. The molecule has 1 N–H and O–H groups in total. The van der Waals surface area contributed by atoms with E-state index in [4.69, 9.17) is 9.47 Å². The van der Waals surface area contributed by atoms with Gasteiger partial charge in [0, 0.05) is 6.07 Å². The van der Waals surface area contributed by atoms with Crippen LogP contribution in [0.5, 0.6) is 11.5 Å². The standard InChI is InChI=1S/C14H18O6S/c1-4-5-6-7-21(17,18)10-8-11(14(15)16)13(20-3)12(9-10)19-2/h4,8-9H,1,5-7H2,2-3H3,(H,15,16). The smallest absolute Gasteiger partial charge is 0.339 e. The van der Waals surface area contributed by atoms with E-state index in [1.54, 1.807) is 6.08 Å². The lowest BCUT2D eigenvalue weighted by atomic mass is 10.2. The maximum absolute atomic E-state index is 12.2. The van der Waals surface area contributed by atoms with Gasteiger partial charge in [-0.1, -0.05) is 6.08 Å². The van der Waals surface area contributed by atoms with Crippen LogP contribution in [0.4, 0.5) is 0 Å². The Bertz CT molecular complexity index is 633. The van der Waals surface area contributed by atoms with Crippen LogP contribution in [-0.2, 0) is 9.84 Å². The molecule has 0 bridgehead atoms. The van der Waals surface area contributed by atoms with Crippen LogP contribution in [0.2, 0.25) is 0 Å². The Morgan fingerprint density at radius 1 is 1.33 bits per heavy atom. The van der Waals surface area contributed by atoms with E-state index in [0.29, 0.717) is 12.8 Å². The van der Waals surface area contributed by atoms with E-state index in [-0.39, 0.29) is 27.7 Å². The number of ether oxygens (including phenoxy) is 2. The van der Waals surface area contributed by atoms with Crippen LogP contribution in [0.15, 0.2) is 29.7 Å². The Morgan fingerprint density at radius 2 is 2.00 bits per heavy atom. The summed E-state index contributed by atoms with van der Waals surface area (Å²) in [6.45, 7) is 3.53. The van der Waals surface area contributed by atoms with Crippen LogP contribution < -0.4 is 9.47 Å². The van der Waals surface area contributed by atoms with Crippen LogP contribution in [0.1, 0.15) is 23.2 Å². The molecule has 0 amide bonds. The van der Waals surface area contributed by atoms with Crippen molar-refractivity contribution < 1.29 is 27.8 Å². The quantitative estimate of drug-likeness (QED) is 0.584. The van der Waals surface area contributed by atoms with E-state index >= 15 is 0 Å². The number of rotatable bonds is 8. The minimum atomic E-state index is -3.59. The highest BCUT2D eigenvalue weighted by atomic mass is 32.2. The number of methoxy groups -OCH3 is 2. The summed E-state index contributed by atoms with van der Waals surface area (Å²) in [4.78, 5) is 11.1. The van der Waals surface area contributed by atoms with Crippen molar-refractivity contribution in [3.05, 3.63) is 30.4 Å². The van der Waals surface area contributed by atoms with Crippen molar-refractivity contribution >= 4 is 15.8 Å². The van der Waals surface area contributed by atoms with Crippen LogP contribution >= 0.6 is 0 Å². The summed E-state index contributed by atoms with van der Waals surface area (Å²) in [5.74, 6) is -1.31. The summed E-state index contributed by atoms with van der Waals surface area (Å²) >= 11 is 0. The average Bonchev–Trinajstić information content (AvgIpc) is 2.45. The van der Waals surface area contributed by atoms with Crippen LogP contribution in [0.3, 0.4) is 0 Å². The third kappa shape index (κ3) is 3.98. The van der Waals surface area contributed by atoms with Gasteiger partial charge in [0.15, 0.2) is 21.3 Å². The van der Waals surface area contributed by atoms with Gasteiger partial charge in [0.25, 0.3) is 0 Å². The molecular weight excluding hydrogens is 296 g/mol. The molecule has 0 aliphatic carbocycles. The lowest BCUT2D eigenvalue weighted by Crippen LogP contribution is -2.10. The lowest BCUT2D eigenvalue weighted by Gasteiger charge is -2.13. The fraction of sp³-hybridized carbons (Fsp3) is 0.357. The van der Waals surface area contributed by atoms with Crippen molar-refractivity contribution in [3.63, 3.8) is 0 Å². The molecule has 0 atom stereocenters. The number of carboxylic acids is 1. The summed E-state index contributed by atoms with van der Waals surface area (Å²) in [7, 11) is -0.982. The lowest BCUT2D eigenvalue weighted by molar-refractivity contribution is 0.0692. The number of allylic oxidation sites excluding steroid dienone is 1. The molecule has 0 saturated heterocycles. The highest BCUT2D eigenvalue weighted by Crippen LogP contribution is 2.34. The molecule has 0 radical (unpaired) electrons. The van der Waals surface area contributed by atoms with E-state index in [1.165, 1.54) is 20.3 Å². The number of hydrogen-bond donors (Lipinski definition) is 1. The minimum absolute atomic E-state index is 0.00459. The van der Waals surface area contributed by atoms with Crippen LogP contribution in [-0.4, -0.2) is 39.5 Å². The summed E-state index contributed by atoms with van der Waals surface area (Å²) in [6, 6.07) is 2.36. The second kappa shape index (κ2) is 7.12. The normalized spacial score (nSPS) is 11.0. The molecule has 116 valence electrons. The van der Waals surface area contributed by atoms with Gasteiger partial charge >= 0.3 is 5.97 Å². The second-order valence-electron chi connectivity index (χ2n) is 4.26. The highest BCUT2D eigenvalue weighted by Gasteiger charge is 2.23. The molecule has 1 aromatic rings. The van der Waals surface area contributed by atoms with Gasteiger partial charge in [-0.05, 0) is 18.9 Å². The predicted molar refractivity (Wildman–Crippen MR) is 78.0 cm³/mol. The Kier molecular flexibility index (Phi) is 5.78. The van der Waals surface area contributed by atoms with Crippen LogP contribution in [0, 0.1) is 0 Å². The Balaban J connectivity index is 3.34. The Labute approximate surface area is 123 Å². The molecule has 7 heteroatoms. The van der Waals surface area contributed by atoms with Gasteiger partial charge in [0.2, 0.25) is 0 Å². The molecule has 0 aliphatic heterocycles. The fourth-order valence-corrected chi connectivity index (χ4v) is 3.18. The van der Waals surface area contributed by atoms with Crippen molar-refractivity contribution in [2.45, 2.75) is 17.7 Å². The van der Waals surface area contributed by atoms with Gasteiger partial charge < -0.3 is 14.6 Å². The number of unbranched alkanes of at least 4 members (excludes halogenated alkanes) is 1. The van der Waals surface area contributed by atoms with E-state index in [1.807, 2.05) is 0 Å². The molecule has 0 spiro atoms. The summed E-state index contributed by atoms with van der Waals surface area (Å²) in [5.41, 5.74) is -0.251. The maximum atomic E-state index is 12.2. The van der Waals surface area contributed by atoms with Crippen molar-refractivity contribution in [1.82, 2.24) is 0 Å². The number of carboxylic acid groups (broad SMARTS) is 1. The Hall–Kier alpha value is -2.02. The fourth-order valence-electron chi connectivity index (χ4n) is 1.81. The van der Waals surface area contributed by atoms with Crippen molar-refractivity contribution in [2.24, 2.45) is 0 Å². The zero-order valence-corrected chi connectivity index (χ0v) is 12.8. The largest absolute Gasteiger partial charge is 0.493 e. The molecule has 1 rings (SSSR count). The third-order valence-corrected chi connectivity index (χ3v) is 4.64. The number of sulfone groups is 1. The first-order chi connectivity index (χ1) is 9.87. The van der Waals surface area contributed by atoms with Gasteiger partial charge in [0.1, 0.15) is 5.56 Å². The van der Waals surface area contributed by atoms with Gasteiger partial charge in [-0.25, -0.2) is 13.2 Å². The molecule has 0 heterocycles. The first-order valence-electron chi connectivity index (χ1n) is 6.20. The van der Waals surface area contributed by atoms with E-state index in [9.17, 15) is 18.3 Å². The average molecular weight is 314 g/mol. The number of hydrogen-bond acceptors (Lipinski definition) is 5. The minimum Gasteiger partial charge on any atom is -0.493 e. The van der Waals surface area contributed by atoms with Crippen molar-refractivity contribution in [1.29, 1.82) is 0 Å². The molecule has 21 heavy (non-hydrogen) atoms. The second-order valence-corrected chi connectivity index (χ2v) is 6.37. The SMILES string of the molecule is C=CCCCS(=O)(=O)c1cc(OC)c(OC)c(C(=O)O)c1. The topological polar surface area (TPSA) is 89.9 Å². The molecule has 0 unspecified atom stereocenters. The molecule has 1 aromatic carbocycles. The van der Waals surface area contributed by atoms with E-state index < -0.39 is 15.8 Å². The third-order valence-electron chi connectivity index (χ3n) is 2.86. The summed E-state index contributed by atoms with van der Waals surface area (Å²) < 4.78 is 34.5. The van der Waals surface area contributed by atoms with E-state index in [0.717, 1.165) is 6.07 Å².